The number of hydrogen-bond donors (Lipinski definition) is 2. The molecule has 4 nitrogen and oxygen atoms in total. The highest BCUT2D eigenvalue weighted by atomic mass is 16.1. The van der Waals surface area contributed by atoms with Crippen LogP contribution in [0.1, 0.15) is 37.3 Å². The van der Waals surface area contributed by atoms with Crippen LogP contribution in [0.15, 0.2) is 42.6 Å². The van der Waals surface area contributed by atoms with Gasteiger partial charge >= 0.3 is 0 Å². The second-order valence-corrected chi connectivity index (χ2v) is 5.22. The normalized spacial score (nSPS) is 11.9. The van der Waals surface area contributed by atoms with Gasteiger partial charge < -0.3 is 11.1 Å². The zero-order valence-electron chi connectivity index (χ0n) is 12.5. The maximum atomic E-state index is 12.0. The van der Waals surface area contributed by atoms with Gasteiger partial charge in [-0.2, -0.15) is 0 Å². The van der Waals surface area contributed by atoms with Crippen LogP contribution in [0, 0.1) is 0 Å². The van der Waals surface area contributed by atoms with Gasteiger partial charge in [0.05, 0.1) is 11.9 Å². The summed E-state index contributed by atoms with van der Waals surface area (Å²) in [5.41, 5.74) is 8.67. The molecule has 0 saturated carbocycles. The largest absolute Gasteiger partial charge is 0.384 e. The molecule has 2 aromatic rings. The summed E-state index contributed by atoms with van der Waals surface area (Å²) in [5.74, 6) is 0.601. The average Bonchev–Trinajstić information content (AvgIpc) is 2.49. The fourth-order valence-corrected chi connectivity index (χ4v) is 2.17. The smallest absolute Gasteiger partial charge is 0.225 e. The van der Waals surface area contributed by atoms with E-state index >= 15 is 0 Å². The summed E-state index contributed by atoms with van der Waals surface area (Å²) in [4.78, 5) is 16.0. The average molecular weight is 283 g/mol. The van der Waals surface area contributed by atoms with Crippen LogP contribution in [0.3, 0.4) is 0 Å². The third kappa shape index (κ3) is 4.31. The number of nitrogens with zero attached hydrogens (tertiary/aromatic N) is 1. The first-order valence-electron chi connectivity index (χ1n) is 7.18. The number of aryl methyl sites for hydroxylation is 1. The van der Waals surface area contributed by atoms with E-state index in [0.29, 0.717) is 17.9 Å². The Morgan fingerprint density at radius 2 is 1.95 bits per heavy atom. The van der Waals surface area contributed by atoms with Crippen molar-refractivity contribution in [1.82, 2.24) is 4.98 Å². The number of aromatic nitrogens is 1. The summed E-state index contributed by atoms with van der Waals surface area (Å²) in [6.07, 6.45) is 3.03. The molecule has 4 heteroatoms. The Labute approximate surface area is 125 Å². The first-order chi connectivity index (χ1) is 10.1. The molecule has 1 heterocycles. The van der Waals surface area contributed by atoms with E-state index in [2.05, 4.69) is 48.4 Å². The monoisotopic (exact) mass is 283 g/mol. The van der Waals surface area contributed by atoms with Gasteiger partial charge in [-0.3, -0.25) is 4.79 Å². The van der Waals surface area contributed by atoms with Crippen LogP contribution < -0.4 is 11.1 Å². The Morgan fingerprint density at radius 1 is 1.24 bits per heavy atom. The molecule has 110 valence electrons. The van der Waals surface area contributed by atoms with E-state index in [1.54, 1.807) is 18.3 Å². The first kappa shape index (κ1) is 15.0. The number of carbonyl (C=O) groups excluding carboxylic acids is 1. The first-order valence-corrected chi connectivity index (χ1v) is 7.18. The molecule has 3 N–H and O–H groups in total. The van der Waals surface area contributed by atoms with Crippen molar-refractivity contribution in [1.29, 1.82) is 0 Å². The molecule has 1 atom stereocenters. The van der Waals surface area contributed by atoms with Gasteiger partial charge in [-0.25, -0.2) is 4.98 Å². The molecule has 0 aliphatic heterocycles. The van der Waals surface area contributed by atoms with Gasteiger partial charge in [0, 0.05) is 6.42 Å². The molecule has 0 fully saturated rings. The van der Waals surface area contributed by atoms with Crippen LogP contribution in [0.25, 0.3) is 0 Å². The summed E-state index contributed by atoms with van der Waals surface area (Å²) in [6, 6.07) is 11.9. The molecular formula is C17H21N3O. The summed E-state index contributed by atoms with van der Waals surface area (Å²) in [5, 5.41) is 2.84. The Morgan fingerprint density at radius 3 is 2.52 bits per heavy atom. The van der Waals surface area contributed by atoms with Crippen molar-refractivity contribution in [3.05, 3.63) is 53.7 Å². The van der Waals surface area contributed by atoms with Crippen molar-refractivity contribution in [3.8, 4) is 0 Å². The number of nitrogens with two attached hydrogens (primary N) is 1. The van der Waals surface area contributed by atoms with Crippen molar-refractivity contribution in [3.63, 3.8) is 0 Å². The molecule has 1 aromatic heterocycles. The van der Waals surface area contributed by atoms with E-state index in [-0.39, 0.29) is 11.8 Å². The number of pyridine rings is 1. The number of carbonyl (C=O) groups is 1. The molecule has 1 amide bonds. The standard InChI is InChI=1S/C17H21N3O/c1-3-13-4-6-14(7-5-13)12(2)10-17(21)20-15-8-9-16(18)19-11-15/h4-9,11-12H,3,10H2,1-2H3,(H2,18,19)(H,20,21). The Balaban J connectivity index is 1.93. The number of nitrogen functional groups attached to an aromatic ring is 1. The molecule has 21 heavy (non-hydrogen) atoms. The molecule has 0 spiro atoms. The highest BCUT2D eigenvalue weighted by molar-refractivity contribution is 5.91. The molecule has 0 aliphatic carbocycles. The highest BCUT2D eigenvalue weighted by Gasteiger charge is 2.11. The van der Waals surface area contributed by atoms with Crippen LogP contribution in [0.2, 0.25) is 0 Å². The Bertz CT molecular complexity index is 590. The lowest BCUT2D eigenvalue weighted by Crippen LogP contribution is -2.14. The predicted molar refractivity (Wildman–Crippen MR) is 86.1 cm³/mol. The van der Waals surface area contributed by atoms with Crippen molar-refractivity contribution in [2.24, 2.45) is 0 Å². The molecule has 0 aliphatic rings. The predicted octanol–water partition coefficient (Wildman–Crippen LogP) is 3.36. The molecule has 1 unspecified atom stereocenters. The van der Waals surface area contributed by atoms with Crippen molar-refractivity contribution in [2.45, 2.75) is 32.6 Å². The third-order valence-electron chi connectivity index (χ3n) is 3.52. The molecule has 0 radical (unpaired) electrons. The third-order valence-corrected chi connectivity index (χ3v) is 3.52. The van der Waals surface area contributed by atoms with E-state index in [0.717, 1.165) is 6.42 Å². The van der Waals surface area contributed by atoms with Gasteiger partial charge in [0.15, 0.2) is 0 Å². The summed E-state index contributed by atoms with van der Waals surface area (Å²) in [6.45, 7) is 4.19. The van der Waals surface area contributed by atoms with E-state index in [1.807, 2.05) is 0 Å². The van der Waals surface area contributed by atoms with E-state index in [1.165, 1.54) is 11.1 Å². The van der Waals surface area contributed by atoms with Crippen LogP contribution in [0.5, 0.6) is 0 Å². The van der Waals surface area contributed by atoms with Gasteiger partial charge in [-0.1, -0.05) is 38.1 Å². The van der Waals surface area contributed by atoms with Gasteiger partial charge in [0.2, 0.25) is 5.91 Å². The number of hydrogen-bond acceptors (Lipinski definition) is 3. The van der Waals surface area contributed by atoms with Gasteiger partial charge in [-0.15, -0.1) is 0 Å². The number of benzene rings is 1. The summed E-state index contributed by atoms with van der Waals surface area (Å²) < 4.78 is 0. The van der Waals surface area contributed by atoms with Crippen molar-refractivity contribution >= 4 is 17.4 Å². The zero-order valence-corrected chi connectivity index (χ0v) is 12.5. The van der Waals surface area contributed by atoms with E-state index < -0.39 is 0 Å². The van der Waals surface area contributed by atoms with Crippen molar-refractivity contribution < 1.29 is 4.79 Å². The number of rotatable bonds is 5. The fraction of sp³-hybridized carbons (Fsp3) is 0.294. The Hall–Kier alpha value is -2.36. The number of amides is 1. The molecule has 0 saturated heterocycles. The number of anilines is 2. The second-order valence-electron chi connectivity index (χ2n) is 5.22. The minimum atomic E-state index is -0.0198. The van der Waals surface area contributed by atoms with Gasteiger partial charge in [-0.05, 0) is 35.6 Å². The minimum Gasteiger partial charge on any atom is -0.384 e. The Kier molecular flexibility index (Phi) is 4.93. The lowest BCUT2D eigenvalue weighted by Gasteiger charge is -2.12. The van der Waals surface area contributed by atoms with Crippen LogP contribution in [-0.4, -0.2) is 10.9 Å². The fourth-order valence-electron chi connectivity index (χ4n) is 2.17. The SMILES string of the molecule is CCc1ccc(C(C)CC(=O)Nc2ccc(N)nc2)cc1. The quantitative estimate of drug-likeness (QED) is 0.884. The summed E-state index contributed by atoms with van der Waals surface area (Å²) in [7, 11) is 0. The molecule has 0 bridgehead atoms. The zero-order chi connectivity index (χ0) is 15.2. The van der Waals surface area contributed by atoms with Crippen LogP contribution >= 0.6 is 0 Å². The highest BCUT2D eigenvalue weighted by Crippen LogP contribution is 2.20. The molecule has 2 rings (SSSR count). The lowest BCUT2D eigenvalue weighted by atomic mass is 9.96. The molecule has 1 aromatic carbocycles. The van der Waals surface area contributed by atoms with E-state index in [4.69, 9.17) is 5.73 Å². The van der Waals surface area contributed by atoms with Crippen molar-refractivity contribution in [2.75, 3.05) is 11.1 Å². The van der Waals surface area contributed by atoms with Crippen LogP contribution in [0.4, 0.5) is 11.5 Å². The minimum absolute atomic E-state index is 0.0198. The topological polar surface area (TPSA) is 68.0 Å². The van der Waals surface area contributed by atoms with E-state index in [9.17, 15) is 4.79 Å². The molecular weight excluding hydrogens is 262 g/mol. The van der Waals surface area contributed by atoms with Gasteiger partial charge in [0.1, 0.15) is 5.82 Å². The van der Waals surface area contributed by atoms with Gasteiger partial charge in [0.25, 0.3) is 0 Å². The summed E-state index contributed by atoms with van der Waals surface area (Å²) >= 11 is 0. The number of nitrogens with one attached hydrogen (secondary N) is 1. The maximum absolute atomic E-state index is 12.0. The lowest BCUT2D eigenvalue weighted by molar-refractivity contribution is -0.116. The maximum Gasteiger partial charge on any atom is 0.225 e. The second kappa shape index (κ2) is 6.88. The van der Waals surface area contributed by atoms with Crippen LogP contribution in [-0.2, 0) is 11.2 Å².